The molecule has 0 fully saturated rings. The molecule has 5 heteroatoms. The fraction of sp³-hybridized carbons (Fsp3) is 0.0635. The van der Waals surface area contributed by atoms with E-state index in [0.717, 1.165) is 28.3 Å². The summed E-state index contributed by atoms with van der Waals surface area (Å²) in [7, 11) is 0. The second-order valence-corrected chi connectivity index (χ2v) is 16.9. The topological polar surface area (TPSA) is 64.5 Å². The molecule has 0 saturated heterocycles. The summed E-state index contributed by atoms with van der Waals surface area (Å²) in [5.74, 6) is 0. The lowest BCUT2D eigenvalue weighted by atomic mass is 10.0. The Kier molecular flexibility index (Phi) is 13.8. The van der Waals surface area contributed by atoms with Gasteiger partial charge in [-0.05, 0) is 159 Å². The Morgan fingerprint density at radius 1 is 0.265 bits per heavy atom. The quantitative estimate of drug-likeness (QED) is 0.176. The van der Waals surface area contributed by atoms with Gasteiger partial charge in [-0.25, -0.2) is 9.97 Å². The van der Waals surface area contributed by atoms with Crippen LogP contribution in [-0.2, 0) is 0 Å². The maximum Gasteiger partial charge on any atom is 0.116 e. The summed E-state index contributed by atoms with van der Waals surface area (Å²) in [6.45, 7) is 8.15. The molecule has 0 aliphatic rings. The van der Waals surface area contributed by atoms with Crippen LogP contribution in [0.25, 0.3) is 87.9 Å². The SMILES string of the molecule is Cc1cc(-c2ccc3ccccc3c2)ccn1.Cc1cc(-c2ccc3ccccc3c2)ncn1.Cc1ccnc(-c2ccc3ccccc3c2)c1.Cc1cncc(-c2ccc3ccccc3c2)c1. The number of nitrogens with zero attached hydrogens (tertiary/aromatic N) is 5. The van der Waals surface area contributed by atoms with Crippen LogP contribution >= 0.6 is 0 Å². The van der Waals surface area contributed by atoms with Gasteiger partial charge in [-0.1, -0.05) is 146 Å². The van der Waals surface area contributed by atoms with E-state index in [-0.39, 0.29) is 0 Å². The van der Waals surface area contributed by atoms with E-state index < -0.39 is 0 Å². The second-order valence-electron chi connectivity index (χ2n) is 16.9. The first-order valence-corrected chi connectivity index (χ1v) is 22.8. The van der Waals surface area contributed by atoms with E-state index in [4.69, 9.17) is 0 Å². The van der Waals surface area contributed by atoms with Crippen molar-refractivity contribution in [2.45, 2.75) is 27.7 Å². The molecule has 68 heavy (non-hydrogen) atoms. The minimum atomic E-state index is 0.975. The van der Waals surface area contributed by atoms with Gasteiger partial charge in [0.1, 0.15) is 6.33 Å². The Hall–Kier alpha value is -8.67. The molecular weight excluding hydrogens is 827 g/mol. The summed E-state index contributed by atoms with van der Waals surface area (Å²) in [6, 6.07) is 72.0. The number of rotatable bonds is 4. The van der Waals surface area contributed by atoms with Gasteiger partial charge in [-0.3, -0.25) is 15.0 Å². The maximum absolute atomic E-state index is 4.42. The molecule has 0 saturated carbocycles. The Balaban J connectivity index is 0.000000113. The van der Waals surface area contributed by atoms with Gasteiger partial charge < -0.3 is 0 Å². The minimum Gasteiger partial charge on any atom is -0.264 e. The van der Waals surface area contributed by atoms with Crippen LogP contribution in [0.3, 0.4) is 0 Å². The number of fused-ring (bicyclic) bond motifs is 4. The fourth-order valence-corrected chi connectivity index (χ4v) is 8.18. The van der Waals surface area contributed by atoms with Gasteiger partial charge in [0.2, 0.25) is 0 Å². The molecular formula is C63H51N5. The molecule has 12 aromatic rings. The van der Waals surface area contributed by atoms with Crippen molar-refractivity contribution in [3.05, 3.63) is 260 Å². The Bertz CT molecular complexity index is 3170. The molecule has 0 amide bonds. The van der Waals surface area contributed by atoms with E-state index in [1.165, 1.54) is 82.0 Å². The molecule has 4 aromatic heterocycles. The summed E-state index contributed by atoms with van der Waals surface area (Å²) in [5, 5.41) is 10.1. The maximum atomic E-state index is 4.42. The monoisotopic (exact) mass is 877 g/mol. The fourth-order valence-electron chi connectivity index (χ4n) is 8.18. The summed E-state index contributed by atoms with van der Waals surface area (Å²) < 4.78 is 0. The molecule has 0 bridgehead atoms. The van der Waals surface area contributed by atoms with Gasteiger partial charge in [0, 0.05) is 52.9 Å². The highest BCUT2D eigenvalue weighted by molar-refractivity contribution is 5.90. The number of aryl methyl sites for hydroxylation is 4. The van der Waals surface area contributed by atoms with E-state index in [1.54, 1.807) is 6.33 Å². The predicted molar refractivity (Wildman–Crippen MR) is 285 cm³/mol. The number of benzene rings is 8. The average molecular weight is 878 g/mol. The molecule has 0 N–H and O–H groups in total. The average Bonchev–Trinajstić information content (AvgIpc) is 3.38. The molecule has 4 heterocycles. The smallest absolute Gasteiger partial charge is 0.116 e. The van der Waals surface area contributed by atoms with Crippen LogP contribution in [0, 0.1) is 27.7 Å². The summed E-state index contributed by atoms with van der Waals surface area (Å²) in [4.78, 5) is 21.3. The van der Waals surface area contributed by atoms with E-state index in [9.17, 15) is 0 Å². The first-order valence-electron chi connectivity index (χ1n) is 22.8. The number of hydrogen-bond donors (Lipinski definition) is 0. The zero-order valence-electron chi connectivity index (χ0n) is 38.8. The van der Waals surface area contributed by atoms with E-state index >= 15 is 0 Å². The third-order valence-electron chi connectivity index (χ3n) is 11.7. The Morgan fingerprint density at radius 3 is 1.18 bits per heavy atom. The van der Waals surface area contributed by atoms with Crippen LogP contribution in [0.2, 0.25) is 0 Å². The standard InChI is InChI=1S/3C16H13N.C15H12N2/c1-12-8-16(11-17-10-12)15-7-6-13-4-2-3-5-14(13)9-15;1-12-10-16(8-9-17-12)15-7-6-13-4-2-3-5-14(13)11-15;1-12-8-9-17-16(10-12)15-7-6-13-4-2-3-5-14(13)11-15;1-11-8-15(17-10-16-11)14-7-6-12-4-2-3-5-13(12)9-14/h3*2-11H,1H3;2-10H,1H3. The largest absolute Gasteiger partial charge is 0.264 e. The van der Waals surface area contributed by atoms with Gasteiger partial charge in [-0.2, -0.15) is 0 Å². The van der Waals surface area contributed by atoms with Gasteiger partial charge >= 0.3 is 0 Å². The summed E-state index contributed by atoms with van der Waals surface area (Å²) in [5.41, 5.74) is 13.7. The van der Waals surface area contributed by atoms with Gasteiger partial charge in [0.25, 0.3) is 0 Å². The van der Waals surface area contributed by atoms with E-state index in [2.05, 4.69) is 233 Å². The highest BCUT2D eigenvalue weighted by Gasteiger charge is 2.04. The zero-order valence-corrected chi connectivity index (χ0v) is 38.8. The zero-order chi connectivity index (χ0) is 46.7. The third-order valence-corrected chi connectivity index (χ3v) is 11.7. The van der Waals surface area contributed by atoms with Crippen molar-refractivity contribution in [2.75, 3.05) is 0 Å². The normalized spacial score (nSPS) is 10.6. The highest BCUT2D eigenvalue weighted by Crippen LogP contribution is 2.27. The van der Waals surface area contributed by atoms with E-state index in [1.807, 2.05) is 50.8 Å². The number of pyridine rings is 3. The molecule has 328 valence electrons. The van der Waals surface area contributed by atoms with E-state index in [0.29, 0.717) is 0 Å². The lowest BCUT2D eigenvalue weighted by Gasteiger charge is -2.04. The third kappa shape index (κ3) is 11.2. The molecule has 0 unspecified atom stereocenters. The minimum absolute atomic E-state index is 0.975. The first kappa shape index (κ1) is 44.5. The molecule has 12 rings (SSSR count). The number of hydrogen-bond acceptors (Lipinski definition) is 5. The number of aromatic nitrogens is 5. The van der Waals surface area contributed by atoms with Crippen LogP contribution in [0.15, 0.2) is 237 Å². The second kappa shape index (κ2) is 21.1. The Labute approximate surface area is 398 Å². The van der Waals surface area contributed by atoms with Crippen molar-refractivity contribution in [2.24, 2.45) is 0 Å². The first-order chi connectivity index (χ1) is 33.3. The van der Waals surface area contributed by atoms with Crippen LogP contribution in [0.4, 0.5) is 0 Å². The summed E-state index contributed by atoms with van der Waals surface area (Å²) in [6.07, 6.45) is 9.13. The van der Waals surface area contributed by atoms with Crippen molar-refractivity contribution in [1.82, 2.24) is 24.9 Å². The van der Waals surface area contributed by atoms with Crippen LogP contribution in [0.5, 0.6) is 0 Å². The van der Waals surface area contributed by atoms with Gasteiger partial charge in [0.05, 0.1) is 11.4 Å². The van der Waals surface area contributed by atoms with Crippen LogP contribution < -0.4 is 0 Å². The molecule has 5 nitrogen and oxygen atoms in total. The van der Waals surface area contributed by atoms with Gasteiger partial charge in [-0.15, -0.1) is 0 Å². The molecule has 0 aliphatic carbocycles. The van der Waals surface area contributed by atoms with Crippen molar-refractivity contribution in [3.63, 3.8) is 0 Å². The molecule has 0 radical (unpaired) electrons. The molecule has 0 aliphatic heterocycles. The van der Waals surface area contributed by atoms with Crippen LogP contribution in [0.1, 0.15) is 22.5 Å². The van der Waals surface area contributed by atoms with Gasteiger partial charge in [0.15, 0.2) is 0 Å². The lowest BCUT2D eigenvalue weighted by Crippen LogP contribution is -1.87. The van der Waals surface area contributed by atoms with Crippen molar-refractivity contribution in [3.8, 4) is 44.8 Å². The summed E-state index contributed by atoms with van der Waals surface area (Å²) >= 11 is 0. The predicted octanol–water partition coefficient (Wildman–Crippen LogP) is 16.2. The highest BCUT2D eigenvalue weighted by atomic mass is 14.8. The van der Waals surface area contributed by atoms with Crippen molar-refractivity contribution in [1.29, 1.82) is 0 Å². The van der Waals surface area contributed by atoms with Crippen molar-refractivity contribution >= 4 is 43.1 Å². The lowest BCUT2D eigenvalue weighted by molar-refractivity contribution is 1.11. The molecule has 8 aromatic carbocycles. The Morgan fingerprint density at radius 2 is 0.691 bits per heavy atom. The van der Waals surface area contributed by atoms with Crippen molar-refractivity contribution < 1.29 is 0 Å². The molecule has 0 atom stereocenters. The molecule has 0 spiro atoms. The van der Waals surface area contributed by atoms with Crippen LogP contribution in [-0.4, -0.2) is 24.9 Å².